The van der Waals surface area contributed by atoms with Crippen molar-refractivity contribution >= 4 is 44.0 Å². The number of aromatic nitrogens is 4. The lowest BCUT2D eigenvalue weighted by Crippen LogP contribution is -2.37. The Morgan fingerprint density at radius 3 is 2.34 bits per heavy atom. The molecule has 5 N–H and O–H groups in total. The highest BCUT2D eigenvalue weighted by molar-refractivity contribution is 7.83. The number of para-hydroxylation sites is 2. The summed E-state index contributed by atoms with van der Waals surface area (Å²) in [5.74, 6) is 0. The van der Waals surface area contributed by atoms with E-state index in [1.807, 2.05) is 45.5 Å². The summed E-state index contributed by atoms with van der Waals surface area (Å²) in [5.41, 5.74) is 3.44. The molecule has 0 unspecified atom stereocenters. The highest BCUT2D eigenvalue weighted by Gasteiger charge is 2.23. The summed E-state index contributed by atoms with van der Waals surface area (Å²) in [4.78, 5) is 32.9. The molecule has 35 heavy (non-hydrogen) atoms. The van der Waals surface area contributed by atoms with Crippen LogP contribution in [0.1, 0.15) is 25.3 Å². The quantitative estimate of drug-likeness (QED) is 0.294. The smallest absolute Gasteiger partial charge is 0.306 e. The largest absolute Gasteiger partial charge is 0.330 e. The average molecular weight is 523 g/mol. The van der Waals surface area contributed by atoms with Gasteiger partial charge in [0, 0.05) is 30.7 Å². The lowest BCUT2D eigenvalue weighted by molar-refractivity contribution is 0.183. The molecule has 0 saturated carbocycles. The van der Waals surface area contributed by atoms with Crippen LogP contribution in [0.4, 0.5) is 0 Å². The first-order valence-corrected chi connectivity index (χ1v) is 13.0. The number of nitrogens with zero attached hydrogens (tertiary/aromatic N) is 3. The van der Waals surface area contributed by atoms with Gasteiger partial charge >= 0.3 is 21.7 Å². The summed E-state index contributed by atoms with van der Waals surface area (Å²) in [7, 11) is -4.17. The number of likely N-dealkylation sites (tertiary alicyclic amines) is 1. The third kappa shape index (κ3) is 6.21. The van der Waals surface area contributed by atoms with Crippen molar-refractivity contribution in [3.05, 3.63) is 68.5 Å². The van der Waals surface area contributed by atoms with Gasteiger partial charge in [-0.1, -0.05) is 23.7 Å². The maximum Gasteiger partial charge on any atom is 0.330 e. The fourth-order valence-corrected chi connectivity index (χ4v) is 4.82. The molecule has 188 valence electrons. The van der Waals surface area contributed by atoms with Crippen LogP contribution in [-0.2, 0) is 16.8 Å². The van der Waals surface area contributed by atoms with Crippen molar-refractivity contribution in [2.24, 2.45) is 5.14 Å². The van der Waals surface area contributed by atoms with Crippen molar-refractivity contribution in [1.29, 1.82) is 0 Å². The Morgan fingerprint density at radius 1 is 0.971 bits per heavy atom. The maximum atomic E-state index is 12.5. The van der Waals surface area contributed by atoms with Crippen LogP contribution < -0.4 is 16.5 Å². The van der Waals surface area contributed by atoms with E-state index < -0.39 is 10.3 Å². The number of nitrogens with two attached hydrogens (primary N) is 1. The second-order valence-electron chi connectivity index (χ2n) is 8.50. The van der Waals surface area contributed by atoms with Crippen molar-refractivity contribution in [3.63, 3.8) is 0 Å². The van der Waals surface area contributed by atoms with E-state index in [-0.39, 0.29) is 17.4 Å². The van der Waals surface area contributed by atoms with Gasteiger partial charge in [0.2, 0.25) is 0 Å². The molecule has 0 amide bonds. The molecule has 0 atom stereocenters. The highest BCUT2D eigenvalue weighted by Crippen LogP contribution is 2.26. The Balaban J connectivity index is 0.000000527. The topological polar surface area (TPSA) is 159 Å². The molecule has 1 saturated heterocycles. The van der Waals surface area contributed by atoms with Gasteiger partial charge in [-0.05, 0) is 56.1 Å². The van der Waals surface area contributed by atoms with Gasteiger partial charge in [-0.15, -0.1) is 0 Å². The Bertz CT molecular complexity index is 1540. The highest BCUT2D eigenvalue weighted by atomic mass is 35.5. The Morgan fingerprint density at radius 2 is 1.63 bits per heavy atom. The molecule has 13 heteroatoms. The van der Waals surface area contributed by atoms with Crippen molar-refractivity contribution in [2.75, 3.05) is 19.6 Å². The maximum absolute atomic E-state index is 12.5. The van der Waals surface area contributed by atoms with Crippen LogP contribution in [0.5, 0.6) is 0 Å². The van der Waals surface area contributed by atoms with Crippen LogP contribution in [0.3, 0.4) is 0 Å². The molecule has 0 radical (unpaired) electrons. The summed E-state index contributed by atoms with van der Waals surface area (Å²) in [6.45, 7) is 3.53. The van der Waals surface area contributed by atoms with Crippen molar-refractivity contribution in [1.82, 2.24) is 24.0 Å². The lowest BCUT2D eigenvalue weighted by atomic mass is 10.0. The number of hydrogen-bond donors (Lipinski definition) is 4. The molecule has 1 aliphatic heterocycles. The van der Waals surface area contributed by atoms with Crippen LogP contribution >= 0.6 is 11.6 Å². The zero-order chi connectivity index (χ0) is 25.2. The SMILES string of the molecule is NS(=O)(=O)O.O=c1[nH]c2ccccc2n1CCCN1CCC(n2c(=O)[nH]c3cc(Cl)ccc32)CC1. The number of nitrogens with one attached hydrogen (secondary N) is 2. The van der Waals surface area contributed by atoms with E-state index in [4.69, 9.17) is 24.6 Å². The van der Waals surface area contributed by atoms with Gasteiger partial charge in [-0.25, -0.2) is 14.7 Å². The number of piperidine rings is 1. The number of fused-ring (bicyclic) bond motifs is 2. The lowest BCUT2D eigenvalue weighted by Gasteiger charge is -2.32. The zero-order valence-electron chi connectivity index (χ0n) is 18.9. The van der Waals surface area contributed by atoms with E-state index in [9.17, 15) is 9.59 Å². The van der Waals surface area contributed by atoms with E-state index in [0.717, 1.165) is 61.0 Å². The van der Waals surface area contributed by atoms with Gasteiger partial charge < -0.3 is 14.9 Å². The van der Waals surface area contributed by atoms with Gasteiger partial charge in [0.1, 0.15) is 0 Å². The second kappa shape index (κ2) is 10.4. The molecule has 4 aromatic rings. The molecule has 2 aromatic heterocycles. The van der Waals surface area contributed by atoms with E-state index in [0.29, 0.717) is 11.6 Å². The van der Waals surface area contributed by atoms with Gasteiger partial charge in [0.15, 0.2) is 0 Å². The standard InChI is InChI=1S/C22H24ClN5O2.H3NO3S/c23-15-6-7-20-18(14-15)25-22(30)28(20)16-8-12-26(13-9-16)10-3-11-27-19-5-2-1-4-17(19)24-21(27)29;1-5(2,3)4/h1-2,4-7,14,16H,3,8-13H2,(H,24,29)(H,25,30);(H3,1,2,3,4). The molecule has 2 aromatic carbocycles. The Hall–Kier alpha value is -2.90. The minimum absolute atomic E-state index is 0.0475. The van der Waals surface area contributed by atoms with Crippen molar-refractivity contribution in [2.45, 2.75) is 31.8 Å². The third-order valence-corrected chi connectivity index (χ3v) is 6.37. The summed E-state index contributed by atoms with van der Waals surface area (Å²) in [6, 6.07) is 13.5. The first-order chi connectivity index (χ1) is 16.6. The monoisotopic (exact) mass is 522 g/mol. The van der Waals surface area contributed by atoms with Crippen molar-refractivity contribution < 1.29 is 13.0 Å². The molecule has 1 fully saturated rings. The third-order valence-electron chi connectivity index (χ3n) is 6.14. The number of H-pyrrole nitrogens is 2. The summed E-state index contributed by atoms with van der Waals surface area (Å²) in [6.07, 6.45) is 2.78. The van der Waals surface area contributed by atoms with E-state index in [1.54, 1.807) is 6.07 Å². The normalized spacial score (nSPS) is 15.4. The second-order valence-corrected chi connectivity index (χ2v) is 9.97. The van der Waals surface area contributed by atoms with Crippen LogP contribution in [0, 0.1) is 0 Å². The number of aryl methyl sites for hydroxylation is 1. The van der Waals surface area contributed by atoms with Crippen LogP contribution in [0.2, 0.25) is 5.02 Å². The molecular formula is C22H27ClN6O5S. The minimum Gasteiger partial charge on any atom is -0.306 e. The predicted octanol–water partition coefficient (Wildman–Crippen LogP) is 2.10. The van der Waals surface area contributed by atoms with E-state index >= 15 is 0 Å². The Kier molecular flexibility index (Phi) is 7.47. The number of aromatic amines is 2. The van der Waals surface area contributed by atoms with E-state index in [1.165, 1.54) is 0 Å². The predicted molar refractivity (Wildman–Crippen MR) is 135 cm³/mol. The minimum atomic E-state index is -4.17. The first kappa shape index (κ1) is 25.2. The fourth-order valence-electron chi connectivity index (χ4n) is 4.65. The van der Waals surface area contributed by atoms with Gasteiger partial charge in [-0.3, -0.25) is 13.7 Å². The van der Waals surface area contributed by atoms with Gasteiger partial charge in [0.05, 0.1) is 22.1 Å². The molecule has 0 bridgehead atoms. The zero-order valence-corrected chi connectivity index (χ0v) is 20.4. The molecule has 1 aliphatic rings. The molecular weight excluding hydrogens is 496 g/mol. The fraction of sp³-hybridized carbons (Fsp3) is 0.364. The van der Waals surface area contributed by atoms with Gasteiger partial charge in [0.25, 0.3) is 0 Å². The number of hydrogen-bond acceptors (Lipinski definition) is 5. The average Bonchev–Trinajstić information content (AvgIpc) is 3.28. The van der Waals surface area contributed by atoms with Crippen molar-refractivity contribution in [3.8, 4) is 0 Å². The van der Waals surface area contributed by atoms with Crippen LogP contribution in [-0.4, -0.2) is 56.6 Å². The molecule has 11 nitrogen and oxygen atoms in total. The molecule has 0 spiro atoms. The number of benzene rings is 2. The first-order valence-electron chi connectivity index (χ1n) is 11.1. The summed E-state index contributed by atoms with van der Waals surface area (Å²) < 4.78 is 28.9. The summed E-state index contributed by atoms with van der Waals surface area (Å²) in [5, 5.41) is 4.51. The van der Waals surface area contributed by atoms with Gasteiger partial charge in [-0.2, -0.15) is 8.42 Å². The molecule has 0 aliphatic carbocycles. The van der Waals surface area contributed by atoms with E-state index in [2.05, 4.69) is 20.0 Å². The summed E-state index contributed by atoms with van der Waals surface area (Å²) >= 11 is 6.05. The van der Waals surface area contributed by atoms with Crippen LogP contribution in [0.25, 0.3) is 22.1 Å². The molecule has 3 heterocycles. The molecule has 5 rings (SSSR count). The number of rotatable bonds is 5. The number of halogens is 1. The van der Waals surface area contributed by atoms with Crippen LogP contribution in [0.15, 0.2) is 52.1 Å². The Labute approximate surface area is 206 Å². The number of imidazole rings is 2.